The molecule has 0 unspecified atom stereocenters. The summed E-state index contributed by atoms with van der Waals surface area (Å²) in [6.07, 6.45) is 7.74. The topological polar surface area (TPSA) is 92.3 Å². The van der Waals surface area contributed by atoms with E-state index in [0.29, 0.717) is 0 Å². The average Bonchev–Trinajstić information content (AvgIpc) is 2.88. The van der Waals surface area contributed by atoms with Gasteiger partial charge >= 0.3 is 0 Å². The fourth-order valence-electron chi connectivity index (χ4n) is 2.93. The molecule has 0 bridgehead atoms. The Morgan fingerprint density at radius 1 is 1.27 bits per heavy atom. The van der Waals surface area contributed by atoms with Crippen LogP contribution in [0.2, 0.25) is 0 Å². The van der Waals surface area contributed by atoms with Gasteiger partial charge in [-0.1, -0.05) is 24.6 Å². The van der Waals surface area contributed by atoms with E-state index in [1.807, 2.05) is 0 Å². The Bertz CT molecular complexity index is 579. The first-order chi connectivity index (χ1) is 10.7. The van der Waals surface area contributed by atoms with E-state index < -0.39 is 0 Å². The molecule has 1 saturated carbocycles. The van der Waals surface area contributed by atoms with Crippen molar-refractivity contribution in [3.8, 4) is 0 Å². The summed E-state index contributed by atoms with van der Waals surface area (Å²) < 4.78 is 0. The number of carbonyl (C=O) groups is 3. The van der Waals surface area contributed by atoms with Crippen molar-refractivity contribution in [1.29, 1.82) is 0 Å². The number of imide groups is 1. The zero-order valence-corrected chi connectivity index (χ0v) is 12.7. The van der Waals surface area contributed by atoms with Crippen molar-refractivity contribution in [2.45, 2.75) is 37.8 Å². The van der Waals surface area contributed by atoms with E-state index >= 15 is 0 Å². The van der Waals surface area contributed by atoms with Crippen LogP contribution in [0.4, 0.5) is 4.79 Å². The maximum Gasteiger partial charge on any atom is 0.289 e. The van der Waals surface area contributed by atoms with Crippen LogP contribution in [0.15, 0.2) is 18.6 Å². The van der Waals surface area contributed by atoms with E-state index in [4.69, 9.17) is 0 Å². The van der Waals surface area contributed by atoms with Gasteiger partial charge in [0.15, 0.2) is 0 Å². The first-order valence-corrected chi connectivity index (χ1v) is 8.21. The van der Waals surface area contributed by atoms with Crippen LogP contribution in [0.3, 0.4) is 0 Å². The third kappa shape index (κ3) is 2.96. The lowest BCUT2D eigenvalue weighted by Gasteiger charge is -2.36. The Morgan fingerprint density at radius 2 is 2.09 bits per heavy atom. The maximum atomic E-state index is 12.2. The number of carbonyl (C=O) groups excluding carboxylic acids is 3. The lowest BCUT2D eigenvalue weighted by molar-refractivity contribution is -0.127. The third-order valence-electron chi connectivity index (χ3n) is 3.96. The van der Waals surface area contributed by atoms with E-state index in [9.17, 15) is 14.4 Å². The first-order valence-electron chi connectivity index (χ1n) is 7.22. The van der Waals surface area contributed by atoms with Crippen molar-refractivity contribution in [3.05, 3.63) is 24.3 Å². The standard InChI is InChI=1S/C14H16N4O3S/c19-12-8-22-14(21)18(12)11-4-2-1-3-9(11)17-13(20)10-7-15-5-6-16-10/h5-7,9,11H,1-4,8H2,(H,17,20)/t9-,11-/m0/s1. The molecule has 1 aromatic heterocycles. The fourth-order valence-corrected chi connectivity index (χ4v) is 3.69. The molecule has 2 aliphatic rings. The van der Waals surface area contributed by atoms with Gasteiger partial charge in [0.2, 0.25) is 5.91 Å². The Balaban J connectivity index is 1.74. The maximum absolute atomic E-state index is 12.2. The normalized spacial score (nSPS) is 25.4. The molecule has 2 atom stereocenters. The summed E-state index contributed by atoms with van der Waals surface area (Å²) in [6, 6.07) is -0.487. The van der Waals surface area contributed by atoms with Crippen LogP contribution in [0.25, 0.3) is 0 Å². The van der Waals surface area contributed by atoms with Crippen LogP contribution in [0.5, 0.6) is 0 Å². The van der Waals surface area contributed by atoms with Crippen LogP contribution in [0.1, 0.15) is 36.2 Å². The molecule has 1 N–H and O–H groups in total. The second-order valence-electron chi connectivity index (χ2n) is 5.34. The van der Waals surface area contributed by atoms with Crippen LogP contribution in [-0.2, 0) is 4.79 Å². The van der Waals surface area contributed by atoms with Gasteiger partial charge in [-0.15, -0.1) is 0 Å². The van der Waals surface area contributed by atoms with Gasteiger partial charge in [0.05, 0.1) is 24.0 Å². The van der Waals surface area contributed by atoms with Crippen LogP contribution in [-0.4, -0.2) is 49.8 Å². The van der Waals surface area contributed by atoms with Gasteiger partial charge in [0.25, 0.3) is 11.1 Å². The van der Waals surface area contributed by atoms with Gasteiger partial charge in [-0.05, 0) is 12.8 Å². The van der Waals surface area contributed by atoms with Crippen molar-refractivity contribution >= 4 is 28.8 Å². The first kappa shape index (κ1) is 15.0. The van der Waals surface area contributed by atoms with Gasteiger partial charge in [-0.3, -0.25) is 24.3 Å². The molecule has 116 valence electrons. The zero-order valence-electron chi connectivity index (χ0n) is 11.9. The zero-order chi connectivity index (χ0) is 15.5. The number of nitrogens with zero attached hydrogens (tertiary/aromatic N) is 3. The van der Waals surface area contributed by atoms with Crippen molar-refractivity contribution < 1.29 is 14.4 Å². The molecule has 1 saturated heterocycles. The van der Waals surface area contributed by atoms with Gasteiger partial charge in [0, 0.05) is 12.4 Å². The predicted octanol–water partition coefficient (Wildman–Crippen LogP) is 1.21. The quantitative estimate of drug-likeness (QED) is 0.900. The highest BCUT2D eigenvalue weighted by atomic mass is 32.2. The van der Waals surface area contributed by atoms with Gasteiger partial charge in [-0.2, -0.15) is 0 Å². The molecule has 0 aromatic carbocycles. The molecule has 22 heavy (non-hydrogen) atoms. The minimum atomic E-state index is -0.322. The molecule has 2 fully saturated rings. The Morgan fingerprint density at radius 3 is 2.77 bits per heavy atom. The number of aromatic nitrogens is 2. The van der Waals surface area contributed by atoms with Crippen LogP contribution < -0.4 is 5.32 Å². The molecule has 1 aromatic rings. The Kier molecular flexibility index (Phi) is 4.37. The second kappa shape index (κ2) is 6.43. The SMILES string of the molecule is O=C(N[C@H]1CCCC[C@@H]1N1C(=O)CSC1=O)c1cnccn1. The summed E-state index contributed by atoms with van der Waals surface area (Å²) in [6.45, 7) is 0. The Labute approximate surface area is 131 Å². The lowest BCUT2D eigenvalue weighted by atomic mass is 9.89. The predicted molar refractivity (Wildman–Crippen MR) is 80.2 cm³/mol. The smallest absolute Gasteiger partial charge is 0.289 e. The van der Waals surface area contributed by atoms with Crippen molar-refractivity contribution in [3.63, 3.8) is 0 Å². The highest BCUT2D eigenvalue weighted by Gasteiger charge is 2.41. The van der Waals surface area contributed by atoms with Crippen LogP contribution in [0, 0.1) is 0 Å². The molecule has 2 heterocycles. The lowest BCUT2D eigenvalue weighted by Crippen LogP contribution is -2.54. The number of thioether (sulfide) groups is 1. The van der Waals surface area contributed by atoms with E-state index in [1.54, 1.807) is 0 Å². The largest absolute Gasteiger partial charge is 0.346 e. The molecule has 7 nitrogen and oxygen atoms in total. The minimum absolute atomic E-state index is 0.166. The molecule has 3 amide bonds. The fraction of sp³-hybridized carbons (Fsp3) is 0.500. The summed E-state index contributed by atoms with van der Waals surface area (Å²) in [5, 5.41) is 2.69. The second-order valence-corrected chi connectivity index (χ2v) is 6.27. The van der Waals surface area contributed by atoms with E-state index in [-0.39, 0.29) is 40.6 Å². The molecule has 1 aliphatic carbocycles. The summed E-state index contributed by atoms with van der Waals surface area (Å²) in [5.41, 5.74) is 0.236. The average molecular weight is 320 g/mol. The molecular formula is C14H16N4O3S. The van der Waals surface area contributed by atoms with E-state index in [0.717, 1.165) is 37.4 Å². The molecular weight excluding hydrogens is 304 g/mol. The number of hydrogen-bond acceptors (Lipinski definition) is 6. The number of amides is 3. The minimum Gasteiger partial charge on any atom is -0.346 e. The van der Waals surface area contributed by atoms with Crippen molar-refractivity contribution in [1.82, 2.24) is 20.2 Å². The van der Waals surface area contributed by atoms with Gasteiger partial charge in [0.1, 0.15) is 5.69 Å². The molecule has 3 rings (SSSR count). The number of rotatable bonds is 3. The molecule has 0 spiro atoms. The van der Waals surface area contributed by atoms with Gasteiger partial charge < -0.3 is 5.32 Å². The number of nitrogens with one attached hydrogen (secondary N) is 1. The summed E-state index contributed by atoms with van der Waals surface area (Å²) in [4.78, 5) is 45.3. The number of hydrogen-bond donors (Lipinski definition) is 1. The summed E-state index contributed by atoms with van der Waals surface area (Å²) in [5.74, 6) is -0.294. The van der Waals surface area contributed by atoms with Crippen molar-refractivity contribution in [2.75, 3.05) is 5.75 Å². The Hall–Kier alpha value is -1.96. The molecule has 8 heteroatoms. The van der Waals surface area contributed by atoms with Crippen LogP contribution >= 0.6 is 11.8 Å². The highest BCUT2D eigenvalue weighted by Crippen LogP contribution is 2.30. The monoisotopic (exact) mass is 320 g/mol. The summed E-state index contributed by atoms with van der Waals surface area (Å²) in [7, 11) is 0. The summed E-state index contributed by atoms with van der Waals surface area (Å²) >= 11 is 1.03. The third-order valence-corrected chi connectivity index (χ3v) is 4.79. The molecule has 1 aliphatic heterocycles. The van der Waals surface area contributed by atoms with E-state index in [1.165, 1.54) is 23.5 Å². The van der Waals surface area contributed by atoms with E-state index in [2.05, 4.69) is 15.3 Å². The highest BCUT2D eigenvalue weighted by molar-refractivity contribution is 8.14. The van der Waals surface area contributed by atoms with Crippen molar-refractivity contribution in [2.24, 2.45) is 0 Å². The molecule has 0 radical (unpaired) electrons. The van der Waals surface area contributed by atoms with Gasteiger partial charge in [-0.25, -0.2) is 4.98 Å².